The van der Waals surface area contributed by atoms with Crippen LogP contribution in [0.2, 0.25) is 0 Å². The number of benzene rings is 2. The van der Waals surface area contributed by atoms with E-state index in [0.717, 1.165) is 59.6 Å². The molecule has 0 radical (unpaired) electrons. The summed E-state index contributed by atoms with van der Waals surface area (Å²) in [6, 6.07) is 14.6. The molecule has 1 unspecified atom stereocenters. The second-order valence-corrected chi connectivity index (χ2v) is 9.62. The molecule has 2 N–H and O–H groups in total. The largest absolute Gasteiger partial charge is 0.383 e. The highest BCUT2D eigenvalue weighted by molar-refractivity contribution is 5.91. The Hall–Kier alpha value is -2.99. The number of aliphatic hydroxyl groups excluding tert-OH is 1. The normalized spacial score (nSPS) is 15.8. The summed E-state index contributed by atoms with van der Waals surface area (Å²) in [6.45, 7) is 9.76. The van der Waals surface area contributed by atoms with Crippen molar-refractivity contribution in [1.29, 1.82) is 0 Å². The zero-order valence-corrected chi connectivity index (χ0v) is 20.0. The van der Waals surface area contributed by atoms with E-state index in [1.54, 1.807) is 0 Å². The van der Waals surface area contributed by atoms with Crippen molar-refractivity contribution in [3.05, 3.63) is 53.6 Å². The second-order valence-electron chi connectivity index (χ2n) is 9.62. The van der Waals surface area contributed by atoms with Gasteiger partial charge in [-0.05, 0) is 62.3 Å². The molecule has 176 valence electrons. The fraction of sp³-hybridized carbons (Fsp3) is 0.444. The van der Waals surface area contributed by atoms with E-state index >= 15 is 0 Å². The summed E-state index contributed by atoms with van der Waals surface area (Å²) in [7, 11) is 0. The first-order valence-electron chi connectivity index (χ1n) is 11.9. The average molecular weight is 449 g/mol. The number of nitrogens with zero attached hydrogens (tertiary/aromatic N) is 3. The lowest BCUT2D eigenvalue weighted by Crippen LogP contribution is -2.48. The van der Waals surface area contributed by atoms with Crippen LogP contribution in [-0.4, -0.2) is 46.2 Å². The van der Waals surface area contributed by atoms with Gasteiger partial charge in [0.1, 0.15) is 11.9 Å². The molecular weight excluding hydrogens is 412 g/mol. The molecule has 1 aliphatic heterocycles. The Bertz CT molecular complexity index is 1140. The molecule has 1 amide bonds. The van der Waals surface area contributed by atoms with Gasteiger partial charge in [-0.25, -0.2) is 9.97 Å². The number of carbonyl (C=O) groups is 1. The molecule has 33 heavy (non-hydrogen) atoms. The van der Waals surface area contributed by atoms with Gasteiger partial charge in [-0.15, -0.1) is 0 Å². The molecule has 1 aromatic heterocycles. The monoisotopic (exact) mass is 448 g/mol. The van der Waals surface area contributed by atoms with Gasteiger partial charge in [-0.1, -0.05) is 44.2 Å². The van der Waals surface area contributed by atoms with Gasteiger partial charge in [-0.2, -0.15) is 0 Å². The minimum atomic E-state index is -0.936. The third-order valence-electron chi connectivity index (χ3n) is 6.36. The molecule has 6 heteroatoms. The maximum atomic E-state index is 12.3. The highest BCUT2D eigenvalue weighted by Gasteiger charge is 2.26. The van der Waals surface area contributed by atoms with E-state index in [-0.39, 0.29) is 19.3 Å². The number of rotatable bonds is 6. The van der Waals surface area contributed by atoms with Crippen molar-refractivity contribution >= 4 is 22.6 Å². The highest BCUT2D eigenvalue weighted by atomic mass is 16.3. The number of hydrogen-bond acceptors (Lipinski definition) is 5. The Kier molecular flexibility index (Phi) is 6.94. The molecule has 1 fully saturated rings. The topological polar surface area (TPSA) is 78.4 Å². The first kappa shape index (κ1) is 23.2. The SMILES string of the molecule is Cc1ccc2c(N3CCC(NC(=O)C(O)CC(C)C)CC3)nc(-c3ccccc3C)nc2c1.[HH]. The van der Waals surface area contributed by atoms with Crippen molar-refractivity contribution in [2.45, 2.75) is 59.1 Å². The van der Waals surface area contributed by atoms with Gasteiger partial charge >= 0.3 is 0 Å². The summed E-state index contributed by atoms with van der Waals surface area (Å²) in [5, 5.41) is 14.2. The predicted molar refractivity (Wildman–Crippen MR) is 135 cm³/mol. The molecule has 4 rings (SSSR count). The molecule has 2 heterocycles. The van der Waals surface area contributed by atoms with E-state index in [1.807, 2.05) is 26.0 Å². The lowest BCUT2D eigenvalue weighted by molar-refractivity contribution is -0.130. The summed E-state index contributed by atoms with van der Waals surface area (Å²) < 4.78 is 0. The predicted octanol–water partition coefficient (Wildman–Crippen LogP) is 4.65. The third kappa shape index (κ3) is 5.33. The van der Waals surface area contributed by atoms with Gasteiger partial charge in [0.05, 0.1) is 5.52 Å². The van der Waals surface area contributed by atoms with Crippen LogP contribution in [0.5, 0.6) is 0 Å². The summed E-state index contributed by atoms with van der Waals surface area (Å²) in [5.41, 5.74) is 4.31. The lowest BCUT2D eigenvalue weighted by Gasteiger charge is -2.34. The van der Waals surface area contributed by atoms with Crippen LogP contribution in [-0.2, 0) is 4.79 Å². The van der Waals surface area contributed by atoms with Crippen LogP contribution in [0, 0.1) is 19.8 Å². The number of nitrogens with one attached hydrogen (secondary N) is 1. The number of piperidine rings is 1. The van der Waals surface area contributed by atoms with Crippen molar-refractivity contribution < 1.29 is 11.3 Å². The van der Waals surface area contributed by atoms with Crippen LogP contribution in [0.1, 0.15) is 45.7 Å². The standard InChI is InChI=1S/C27H34N4O2.H2/c1-17(2)15-24(32)27(33)28-20-11-13-31(14-12-20)26-22-10-9-18(3)16-23(22)29-25(30-26)21-8-6-5-7-19(21)4;/h5-10,16-17,20,24,32H,11-15H2,1-4H3,(H,28,33);1H. The van der Waals surface area contributed by atoms with E-state index in [4.69, 9.17) is 9.97 Å². The smallest absolute Gasteiger partial charge is 0.249 e. The van der Waals surface area contributed by atoms with Crippen molar-refractivity contribution in [3.63, 3.8) is 0 Å². The van der Waals surface area contributed by atoms with Crippen LogP contribution >= 0.6 is 0 Å². The zero-order valence-electron chi connectivity index (χ0n) is 20.0. The molecule has 0 spiro atoms. The van der Waals surface area contributed by atoms with E-state index < -0.39 is 6.10 Å². The maximum Gasteiger partial charge on any atom is 0.249 e. The van der Waals surface area contributed by atoms with Crippen LogP contribution in [0.3, 0.4) is 0 Å². The third-order valence-corrected chi connectivity index (χ3v) is 6.36. The Morgan fingerprint density at radius 3 is 2.58 bits per heavy atom. The van der Waals surface area contributed by atoms with E-state index in [2.05, 4.69) is 54.4 Å². The second kappa shape index (κ2) is 9.87. The fourth-order valence-corrected chi connectivity index (χ4v) is 4.49. The Morgan fingerprint density at radius 2 is 1.88 bits per heavy atom. The first-order valence-corrected chi connectivity index (χ1v) is 11.9. The van der Waals surface area contributed by atoms with Gasteiger partial charge in [0.2, 0.25) is 5.91 Å². The Morgan fingerprint density at radius 1 is 1.15 bits per heavy atom. The molecule has 1 atom stereocenters. The number of amides is 1. The number of fused-ring (bicyclic) bond motifs is 1. The summed E-state index contributed by atoms with van der Waals surface area (Å²) in [4.78, 5) is 24.6. The van der Waals surface area contributed by atoms with Gasteiger partial charge in [0.25, 0.3) is 0 Å². The van der Waals surface area contributed by atoms with E-state index in [1.165, 1.54) is 5.56 Å². The van der Waals surface area contributed by atoms with Crippen LogP contribution in [0.4, 0.5) is 5.82 Å². The number of carbonyl (C=O) groups excluding carboxylic acids is 1. The average Bonchev–Trinajstić information content (AvgIpc) is 2.78. The lowest BCUT2D eigenvalue weighted by atomic mass is 10.0. The van der Waals surface area contributed by atoms with E-state index in [0.29, 0.717) is 6.42 Å². The number of hydrogen-bond donors (Lipinski definition) is 2. The molecular formula is C27H36N4O2. The quantitative estimate of drug-likeness (QED) is 0.574. The van der Waals surface area contributed by atoms with Crippen molar-refractivity contribution in [2.24, 2.45) is 5.92 Å². The highest BCUT2D eigenvalue weighted by Crippen LogP contribution is 2.31. The summed E-state index contributed by atoms with van der Waals surface area (Å²) in [6.07, 6.45) is 1.18. The van der Waals surface area contributed by atoms with Crippen molar-refractivity contribution in [3.8, 4) is 11.4 Å². The molecule has 0 bridgehead atoms. The summed E-state index contributed by atoms with van der Waals surface area (Å²) >= 11 is 0. The van der Waals surface area contributed by atoms with Gasteiger partial charge in [0, 0.05) is 31.5 Å². The van der Waals surface area contributed by atoms with Gasteiger partial charge in [-0.3, -0.25) is 4.79 Å². The fourth-order valence-electron chi connectivity index (χ4n) is 4.49. The maximum absolute atomic E-state index is 12.3. The molecule has 1 saturated heterocycles. The zero-order chi connectivity index (χ0) is 23.5. The molecule has 1 aliphatic rings. The van der Waals surface area contributed by atoms with Crippen molar-refractivity contribution in [2.75, 3.05) is 18.0 Å². The van der Waals surface area contributed by atoms with Crippen LogP contribution in [0.25, 0.3) is 22.3 Å². The van der Waals surface area contributed by atoms with Gasteiger partial charge < -0.3 is 15.3 Å². The van der Waals surface area contributed by atoms with Crippen LogP contribution in [0.15, 0.2) is 42.5 Å². The molecule has 0 aliphatic carbocycles. The summed E-state index contributed by atoms with van der Waals surface area (Å²) in [5.74, 6) is 1.72. The Balaban J connectivity index is 0.00000324. The number of aryl methyl sites for hydroxylation is 2. The minimum Gasteiger partial charge on any atom is -0.383 e. The first-order chi connectivity index (χ1) is 15.8. The van der Waals surface area contributed by atoms with Crippen molar-refractivity contribution in [1.82, 2.24) is 15.3 Å². The minimum absolute atomic E-state index is 0. The molecule has 6 nitrogen and oxygen atoms in total. The Labute approximate surface area is 197 Å². The number of aromatic nitrogens is 2. The molecule has 0 saturated carbocycles. The van der Waals surface area contributed by atoms with Crippen LogP contribution < -0.4 is 10.2 Å². The van der Waals surface area contributed by atoms with Gasteiger partial charge in [0.15, 0.2) is 5.82 Å². The number of aliphatic hydroxyl groups is 1. The molecule has 2 aromatic carbocycles. The molecule has 3 aromatic rings. The van der Waals surface area contributed by atoms with E-state index in [9.17, 15) is 9.90 Å². The number of anilines is 1.